The van der Waals surface area contributed by atoms with Gasteiger partial charge in [0.1, 0.15) is 6.23 Å². The predicted molar refractivity (Wildman–Crippen MR) is 33.8 cm³/mol. The largest absolute Gasteiger partial charge is 0.316 e. The first kappa shape index (κ1) is 8.99. The predicted octanol–water partition coefficient (Wildman–Crippen LogP) is -1.36. The van der Waals surface area contributed by atoms with Crippen molar-refractivity contribution in [3.63, 3.8) is 0 Å². The molecule has 0 aromatic rings. The summed E-state index contributed by atoms with van der Waals surface area (Å²) in [5, 5.41) is 2.68. The van der Waals surface area contributed by atoms with Gasteiger partial charge in [-0.25, -0.2) is 4.18 Å². The molecule has 0 aliphatic heterocycles. The Morgan fingerprint density at radius 3 is 2.89 bits per heavy atom. The van der Waals surface area contributed by atoms with Gasteiger partial charge in [0.15, 0.2) is 0 Å². The van der Waals surface area contributed by atoms with E-state index in [2.05, 4.69) is 9.50 Å². The molecule has 5 nitrogen and oxygen atoms in total. The van der Waals surface area contributed by atoms with E-state index in [9.17, 15) is 4.21 Å². The maximum Gasteiger partial charge on any atom is 0.303 e. The zero-order valence-corrected chi connectivity index (χ0v) is 5.85. The van der Waals surface area contributed by atoms with E-state index in [-0.39, 0.29) is 0 Å². The quantitative estimate of drug-likeness (QED) is 0.344. The van der Waals surface area contributed by atoms with Crippen LogP contribution in [0, 0.1) is 0 Å². The number of nitrogens with one attached hydrogen (secondary N) is 1. The summed E-state index contributed by atoms with van der Waals surface area (Å²) in [4.78, 5) is 0. The van der Waals surface area contributed by atoms with Crippen molar-refractivity contribution in [3.05, 3.63) is 0 Å². The molecule has 4 N–H and O–H groups in total. The minimum Gasteiger partial charge on any atom is -0.316 e. The monoisotopic (exact) mass is 154 g/mol. The fraction of sp³-hybridized carbons (Fsp3) is 1.00. The van der Waals surface area contributed by atoms with E-state index in [4.69, 9.17) is 10.3 Å². The van der Waals surface area contributed by atoms with E-state index in [1.165, 1.54) is 0 Å². The van der Waals surface area contributed by atoms with Crippen molar-refractivity contribution in [1.29, 1.82) is 0 Å². The van der Waals surface area contributed by atoms with E-state index in [0.717, 1.165) is 0 Å². The molecule has 0 spiro atoms. The molecule has 0 aliphatic carbocycles. The van der Waals surface area contributed by atoms with Gasteiger partial charge in [-0.3, -0.25) is 4.55 Å². The Labute approximate surface area is 56.1 Å². The fourth-order valence-electron chi connectivity index (χ4n) is 0.341. The number of nitrogens with two attached hydrogens (primary N) is 1. The van der Waals surface area contributed by atoms with E-state index in [1.807, 2.05) is 0 Å². The second kappa shape index (κ2) is 4.83. The Hall–Kier alpha value is -0.0100. The van der Waals surface area contributed by atoms with Crippen LogP contribution in [-0.4, -0.2) is 28.6 Å². The maximum absolute atomic E-state index is 9.87. The molecule has 9 heavy (non-hydrogen) atoms. The van der Waals surface area contributed by atoms with Crippen molar-refractivity contribution in [2.24, 2.45) is 5.73 Å². The van der Waals surface area contributed by atoms with Crippen molar-refractivity contribution in [2.45, 2.75) is 6.23 Å². The Morgan fingerprint density at radius 2 is 2.56 bits per heavy atom. The second-order valence-corrected chi connectivity index (χ2v) is 2.04. The summed E-state index contributed by atoms with van der Waals surface area (Å²) in [5.74, 6) is 0. The molecule has 0 radical (unpaired) electrons. The lowest BCUT2D eigenvalue weighted by Crippen LogP contribution is -2.34. The van der Waals surface area contributed by atoms with E-state index < -0.39 is 17.6 Å². The van der Waals surface area contributed by atoms with Crippen LogP contribution in [0.3, 0.4) is 0 Å². The van der Waals surface area contributed by atoms with Gasteiger partial charge in [-0.05, 0) is 7.05 Å². The molecule has 0 bridgehead atoms. The van der Waals surface area contributed by atoms with Crippen molar-refractivity contribution < 1.29 is 12.9 Å². The lowest BCUT2D eigenvalue weighted by Gasteiger charge is -2.06. The first-order valence-electron chi connectivity index (χ1n) is 2.35. The van der Waals surface area contributed by atoms with Gasteiger partial charge in [0.05, 0.1) is 0 Å². The topological polar surface area (TPSA) is 84.6 Å². The van der Waals surface area contributed by atoms with Gasteiger partial charge < -0.3 is 11.1 Å². The SMILES string of the molecule is CNCC(N)OS(=O)O. The Kier molecular flexibility index (Phi) is 4.83. The Balaban J connectivity index is 3.26. The van der Waals surface area contributed by atoms with E-state index >= 15 is 0 Å². The van der Waals surface area contributed by atoms with Crippen molar-refractivity contribution in [3.8, 4) is 0 Å². The van der Waals surface area contributed by atoms with E-state index in [0.29, 0.717) is 6.54 Å². The lowest BCUT2D eigenvalue weighted by molar-refractivity contribution is 0.210. The molecule has 0 aliphatic rings. The van der Waals surface area contributed by atoms with Crippen LogP contribution in [0.5, 0.6) is 0 Å². The molecule has 56 valence electrons. The van der Waals surface area contributed by atoms with E-state index in [1.54, 1.807) is 7.05 Å². The molecule has 0 saturated heterocycles. The minimum atomic E-state index is -2.26. The van der Waals surface area contributed by atoms with Crippen LogP contribution in [0.25, 0.3) is 0 Å². The van der Waals surface area contributed by atoms with Gasteiger partial charge in [0, 0.05) is 6.54 Å². The first-order chi connectivity index (χ1) is 4.16. The number of hydrogen-bond acceptors (Lipinski definition) is 4. The zero-order chi connectivity index (χ0) is 7.28. The number of likely N-dealkylation sites (N-methyl/N-ethyl adjacent to an activating group) is 1. The van der Waals surface area contributed by atoms with Crippen LogP contribution in [0.4, 0.5) is 0 Å². The average Bonchev–Trinajstić information content (AvgIpc) is 1.63. The van der Waals surface area contributed by atoms with Crippen molar-refractivity contribution >= 4 is 11.4 Å². The molecule has 2 atom stereocenters. The highest BCUT2D eigenvalue weighted by atomic mass is 32.2. The summed E-state index contributed by atoms with van der Waals surface area (Å²) in [7, 11) is 1.67. The highest BCUT2D eigenvalue weighted by Crippen LogP contribution is 1.82. The summed E-state index contributed by atoms with van der Waals surface area (Å²) >= 11 is -2.26. The third-order valence-electron chi connectivity index (χ3n) is 0.611. The van der Waals surface area contributed by atoms with Gasteiger partial charge in [-0.2, -0.15) is 4.21 Å². The summed E-state index contributed by atoms with van der Waals surface area (Å²) in [6, 6.07) is 0. The van der Waals surface area contributed by atoms with Crippen LogP contribution in [0.15, 0.2) is 0 Å². The maximum atomic E-state index is 9.87. The molecule has 0 rings (SSSR count). The highest BCUT2D eigenvalue weighted by Gasteiger charge is 2.02. The van der Waals surface area contributed by atoms with Gasteiger partial charge in [0.2, 0.25) is 0 Å². The first-order valence-corrected chi connectivity index (χ1v) is 3.38. The summed E-state index contributed by atoms with van der Waals surface area (Å²) in [6.07, 6.45) is -0.721. The van der Waals surface area contributed by atoms with Crippen molar-refractivity contribution in [1.82, 2.24) is 5.32 Å². The van der Waals surface area contributed by atoms with Gasteiger partial charge in [-0.15, -0.1) is 0 Å². The number of rotatable bonds is 4. The summed E-state index contributed by atoms with van der Waals surface area (Å²) in [6.45, 7) is 0.353. The molecular weight excluding hydrogens is 144 g/mol. The molecule has 0 aromatic carbocycles. The molecule has 0 fully saturated rings. The highest BCUT2D eigenvalue weighted by molar-refractivity contribution is 7.74. The van der Waals surface area contributed by atoms with Gasteiger partial charge >= 0.3 is 11.4 Å². The van der Waals surface area contributed by atoms with Crippen LogP contribution in [0.2, 0.25) is 0 Å². The van der Waals surface area contributed by atoms with Gasteiger partial charge in [0.25, 0.3) is 0 Å². The smallest absolute Gasteiger partial charge is 0.303 e. The summed E-state index contributed by atoms with van der Waals surface area (Å²) < 4.78 is 22.2. The lowest BCUT2D eigenvalue weighted by atomic mass is 10.6. The molecule has 0 saturated carbocycles. The third-order valence-corrected chi connectivity index (χ3v) is 1.02. The minimum absolute atomic E-state index is 0.353. The molecule has 0 aromatic heterocycles. The Morgan fingerprint density at radius 1 is 2.00 bits per heavy atom. The van der Waals surface area contributed by atoms with Crippen LogP contribution in [-0.2, 0) is 15.5 Å². The molecule has 2 unspecified atom stereocenters. The third kappa shape index (κ3) is 5.87. The standard InChI is InChI=1S/C3H10N2O3S/c1-5-2-3(4)8-9(6)7/h3,5H,2,4H2,1H3,(H,6,7). The fourth-order valence-corrected chi connectivity index (χ4v) is 0.620. The van der Waals surface area contributed by atoms with Crippen LogP contribution < -0.4 is 11.1 Å². The van der Waals surface area contributed by atoms with Gasteiger partial charge in [-0.1, -0.05) is 0 Å². The zero-order valence-electron chi connectivity index (χ0n) is 5.03. The molecule has 0 amide bonds. The van der Waals surface area contributed by atoms with Crippen molar-refractivity contribution in [2.75, 3.05) is 13.6 Å². The second-order valence-electron chi connectivity index (χ2n) is 1.41. The Bertz CT molecular complexity index is 99.1. The molecule has 6 heteroatoms. The van der Waals surface area contributed by atoms with Crippen LogP contribution in [0.1, 0.15) is 0 Å². The van der Waals surface area contributed by atoms with Crippen LogP contribution >= 0.6 is 0 Å². The molecular formula is C3H10N2O3S. The average molecular weight is 154 g/mol. The summed E-state index contributed by atoms with van der Waals surface area (Å²) in [5.41, 5.74) is 5.15. The molecule has 0 heterocycles. The number of hydrogen-bond donors (Lipinski definition) is 3. The normalized spacial score (nSPS) is 17.2.